The highest BCUT2D eigenvalue weighted by atomic mass is 16.5. The third kappa shape index (κ3) is 4.54. The van der Waals surface area contributed by atoms with Gasteiger partial charge in [0.2, 0.25) is 5.88 Å². The van der Waals surface area contributed by atoms with Crippen LogP contribution < -0.4 is 25.5 Å². The van der Waals surface area contributed by atoms with Gasteiger partial charge >= 0.3 is 5.97 Å². The van der Waals surface area contributed by atoms with Gasteiger partial charge in [0.15, 0.2) is 0 Å². The van der Waals surface area contributed by atoms with Crippen LogP contribution in [0.3, 0.4) is 0 Å². The van der Waals surface area contributed by atoms with Crippen molar-refractivity contribution >= 4 is 5.97 Å². The Bertz CT molecular complexity index is 1120. The topological polar surface area (TPSA) is 111 Å². The molecule has 0 fully saturated rings. The molecule has 0 amide bonds. The van der Waals surface area contributed by atoms with Crippen LogP contribution in [0, 0.1) is 0 Å². The quantitative estimate of drug-likeness (QED) is 0.570. The lowest BCUT2D eigenvalue weighted by Crippen LogP contribution is -2.36. The molecule has 1 aliphatic heterocycles. The molecule has 1 atom stereocenters. The maximum Gasteiger partial charge on any atom is 0.340 e. The number of carbonyl (C=O) groups excluding carboxylic acids is 1. The molecule has 1 unspecified atom stereocenters. The summed E-state index contributed by atoms with van der Waals surface area (Å²) >= 11 is 0. The standard InChI is InChI=1S/C24H30N2O7/c1-6-7-14-12-18-20(23(27)26(14)10-11-29-2)19(21(22(25)33-18)24(28)32-5)16-9-8-15(30-3)13-17(16)31-4/h8-9,12-13,19H,6-7,10-11,25H2,1-5H3. The van der Waals surface area contributed by atoms with E-state index >= 15 is 0 Å². The zero-order chi connectivity index (χ0) is 24.1. The molecular formula is C24H30N2O7. The Morgan fingerprint density at radius 2 is 1.91 bits per heavy atom. The summed E-state index contributed by atoms with van der Waals surface area (Å²) in [7, 11) is 5.88. The van der Waals surface area contributed by atoms with Crippen LogP contribution in [0.1, 0.15) is 36.1 Å². The van der Waals surface area contributed by atoms with Crippen molar-refractivity contribution in [2.75, 3.05) is 35.0 Å². The number of esters is 1. The highest BCUT2D eigenvalue weighted by Crippen LogP contribution is 2.45. The minimum absolute atomic E-state index is 0.0344. The van der Waals surface area contributed by atoms with Gasteiger partial charge in [0.05, 0.1) is 39.4 Å². The molecule has 0 bridgehead atoms. The highest BCUT2D eigenvalue weighted by molar-refractivity contribution is 5.92. The van der Waals surface area contributed by atoms with E-state index in [9.17, 15) is 9.59 Å². The van der Waals surface area contributed by atoms with E-state index in [1.807, 2.05) is 6.92 Å². The molecule has 0 aliphatic carbocycles. The second-order valence-electron chi connectivity index (χ2n) is 7.53. The first-order valence-corrected chi connectivity index (χ1v) is 10.6. The summed E-state index contributed by atoms with van der Waals surface area (Å²) in [6, 6.07) is 6.96. The molecule has 1 aliphatic rings. The van der Waals surface area contributed by atoms with Gasteiger partial charge < -0.3 is 34.0 Å². The summed E-state index contributed by atoms with van der Waals surface area (Å²) in [4.78, 5) is 26.6. The largest absolute Gasteiger partial charge is 0.497 e. The van der Waals surface area contributed by atoms with Crippen LogP contribution in [0.4, 0.5) is 0 Å². The summed E-state index contributed by atoms with van der Waals surface area (Å²) in [5.74, 6) is -0.364. The third-order valence-electron chi connectivity index (χ3n) is 5.63. The van der Waals surface area contributed by atoms with Gasteiger partial charge in [-0.25, -0.2) is 4.79 Å². The average molecular weight is 459 g/mol. The van der Waals surface area contributed by atoms with Crippen molar-refractivity contribution in [1.82, 2.24) is 4.57 Å². The lowest BCUT2D eigenvalue weighted by Gasteiger charge is -2.30. The fraction of sp³-hybridized carbons (Fsp3) is 0.417. The molecule has 2 aromatic rings. The molecule has 0 saturated carbocycles. The van der Waals surface area contributed by atoms with E-state index in [0.717, 1.165) is 12.1 Å². The van der Waals surface area contributed by atoms with E-state index in [1.165, 1.54) is 14.2 Å². The Kier molecular flexibility index (Phi) is 7.65. The highest BCUT2D eigenvalue weighted by Gasteiger charge is 2.39. The Balaban J connectivity index is 2.35. The van der Waals surface area contributed by atoms with Crippen LogP contribution >= 0.6 is 0 Å². The van der Waals surface area contributed by atoms with Gasteiger partial charge in [-0.15, -0.1) is 0 Å². The summed E-state index contributed by atoms with van der Waals surface area (Å²) in [5, 5.41) is 0. The number of ether oxygens (including phenoxy) is 5. The molecule has 2 N–H and O–H groups in total. The molecular weight excluding hydrogens is 428 g/mol. The summed E-state index contributed by atoms with van der Waals surface area (Å²) in [5.41, 5.74) is 7.59. The van der Waals surface area contributed by atoms with Crippen molar-refractivity contribution in [2.24, 2.45) is 5.73 Å². The molecule has 33 heavy (non-hydrogen) atoms. The number of carbonyl (C=O) groups is 1. The van der Waals surface area contributed by atoms with Crippen molar-refractivity contribution in [3.05, 3.63) is 62.9 Å². The number of methoxy groups -OCH3 is 4. The van der Waals surface area contributed by atoms with Crippen LogP contribution in [-0.2, 0) is 27.2 Å². The van der Waals surface area contributed by atoms with Gasteiger partial charge in [-0.2, -0.15) is 0 Å². The first-order valence-electron chi connectivity index (χ1n) is 10.6. The van der Waals surface area contributed by atoms with E-state index in [4.69, 9.17) is 29.4 Å². The first kappa shape index (κ1) is 24.2. The number of hydrogen-bond donors (Lipinski definition) is 1. The molecule has 3 rings (SSSR count). The van der Waals surface area contributed by atoms with Gasteiger partial charge in [-0.1, -0.05) is 19.4 Å². The van der Waals surface area contributed by atoms with Crippen LogP contribution in [0.5, 0.6) is 17.2 Å². The number of aromatic nitrogens is 1. The zero-order valence-corrected chi connectivity index (χ0v) is 19.6. The maximum absolute atomic E-state index is 13.8. The predicted octanol–water partition coefficient (Wildman–Crippen LogP) is 2.33. The SMILES string of the molecule is CCCc1cc2c(c(=O)n1CCOC)C(c1ccc(OC)cc1OC)C(C(=O)OC)=C(N)O2. The van der Waals surface area contributed by atoms with Crippen molar-refractivity contribution in [3.63, 3.8) is 0 Å². The fourth-order valence-corrected chi connectivity index (χ4v) is 4.09. The van der Waals surface area contributed by atoms with E-state index in [2.05, 4.69) is 0 Å². The smallest absolute Gasteiger partial charge is 0.340 e. The fourth-order valence-electron chi connectivity index (χ4n) is 4.09. The van der Waals surface area contributed by atoms with Gasteiger partial charge in [-0.05, 0) is 12.5 Å². The maximum atomic E-state index is 13.8. The summed E-state index contributed by atoms with van der Waals surface area (Å²) < 4.78 is 28.6. The molecule has 1 aromatic carbocycles. The number of rotatable bonds is 9. The van der Waals surface area contributed by atoms with Crippen LogP contribution in [0.2, 0.25) is 0 Å². The van der Waals surface area contributed by atoms with E-state index in [1.54, 1.807) is 43.1 Å². The number of pyridine rings is 1. The van der Waals surface area contributed by atoms with E-state index in [-0.39, 0.29) is 22.6 Å². The van der Waals surface area contributed by atoms with Crippen molar-refractivity contribution in [3.8, 4) is 17.2 Å². The molecule has 0 spiro atoms. The average Bonchev–Trinajstić information content (AvgIpc) is 2.82. The zero-order valence-electron chi connectivity index (χ0n) is 19.6. The molecule has 0 radical (unpaired) electrons. The second-order valence-corrected chi connectivity index (χ2v) is 7.53. The van der Waals surface area contributed by atoms with Crippen molar-refractivity contribution < 1.29 is 28.5 Å². The molecule has 2 heterocycles. The normalized spacial score (nSPS) is 15.0. The molecule has 0 saturated heterocycles. The minimum Gasteiger partial charge on any atom is -0.497 e. The van der Waals surface area contributed by atoms with Gasteiger partial charge in [-0.3, -0.25) is 4.79 Å². The van der Waals surface area contributed by atoms with Gasteiger partial charge in [0.25, 0.3) is 5.56 Å². The Labute approximate surface area is 192 Å². The van der Waals surface area contributed by atoms with Crippen LogP contribution in [-0.4, -0.2) is 45.6 Å². The second kappa shape index (κ2) is 10.4. The Morgan fingerprint density at radius 3 is 2.52 bits per heavy atom. The number of nitrogens with two attached hydrogens (primary N) is 1. The van der Waals surface area contributed by atoms with Gasteiger partial charge in [0, 0.05) is 37.0 Å². The number of fused-ring (bicyclic) bond motifs is 1. The molecule has 9 nitrogen and oxygen atoms in total. The number of hydrogen-bond acceptors (Lipinski definition) is 8. The first-order chi connectivity index (χ1) is 15.9. The van der Waals surface area contributed by atoms with Crippen molar-refractivity contribution in [1.29, 1.82) is 0 Å². The predicted molar refractivity (Wildman–Crippen MR) is 122 cm³/mol. The molecule has 9 heteroatoms. The lowest BCUT2D eigenvalue weighted by molar-refractivity contribution is -0.136. The van der Waals surface area contributed by atoms with E-state index < -0.39 is 11.9 Å². The van der Waals surface area contributed by atoms with Gasteiger partial charge in [0.1, 0.15) is 22.8 Å². The minimum atomic E-state index is -0.862. The third-order valence-corrected chi connectivity index (χ3v) is 5.63. The summed E-state index contributed by atoms with van der Waals surface area (Å²) in [6.45, 7) is 2.74. The van der Waals surface area contributed by atoms with Crippen molar-refractivity contribution in [2.45, 2.75) is 32.2 Å². The Morgan fingerprint density at radius 1 is 1.15 bits per heavy atom. The summed E-state index contributed by atoms with van der Waals surface area (Å²) in [6.07, 6.45) is 1.50. The molecule has 1 aromatic heterocycles. The van der Waals surface area contributed by atoms with Crippen LogP contribution in [0.25, 0.3) is 0 Å². The number of aryl methyl sites for hydroxylation is 1. The number of nitrogens with zero attached hydrogens (tertiary/aromatic N) is 1. The van der Waals surface area contributed by atoms with E-state index in [0.29, 0.717) is 42.4 Å². The molecule has 178 valence electrons. The Hall–Kier alpha value is -3.46. The lowest BCUT2D eigenvalue weighted by atomic mass is 9.82. The van der Waals surface area contributed by atoms with Crippen LogP contribution in [0.15, 0.2) is 40.5 Å². The number of benzene rings is 1. The monoisotopic (exact) mass is 458 g/mol.